The Morgan fingerprint density at radius 1 is 1.00 bits per heavy atom. The summed E-state index contributed by atoms with van der Waals surface area (Å²) >= 11 is 0. The van der Waals surface area contributed by atoms with Gasteiger partial charge in [0.05, 0.1) is 7.11 Å². The molecule has 4 rings (SSSR count). The Balaban J connectivity index is 1.67. The standard InChI is InChI=1S/C24H31N2O6P/c1-17-4-6-18(7-5-17)22-16-23(25-26(22)19-8-10-20(31-2)11-9-19)24(27)14-12-21(13-15-24)32-33(3,28,29)30/h4-11,16,21,27-30H,12-15H2,1-3H3. The van der Waals surface area contributed by atoms with Gasteiger partial charge in [0, 0.05) is 0 Å². The number of hydrogen-bond acceptors (Lipinski definition) is 7. The molecule has 1 heterocycles. The van der Waals surface area contributed by atoms with E-state index in [1.807, 2.05) is 66.2 Å². The number of methoxy groups -OCH3 is 1. The second kappa shape index (κ2) is 8.47. The van der Waals surface area contributed by atoms with Crippen molar-refractivity contribution in [3.05, 3.63) is 65.9 Å². The number of benzene rings is 2. The summed E-state index contributed by atoms with van der Waals surface area (Å²) in [5.41, 5.74) is 3.15. The molecule has 3 aromatic rings. The van der Waals surface area contributed by atoms with Gasteiger partial charge in [0.15, 0.2) is 0 Å². The molecule has 0 bridgehead atoms. The van der Waals surface area contributed by atoms with Crippen molar-refractivity contribution in [3.63, 3.8) is 0 Å². The SMILES string of the molecule is COc1ccc(-n2nc(C3(O)CCC(OP(C)(O)(O)O)CC3)cc2-c2ccc(C)cc2)cc1. The van der Waals surface area contributed by atoms with Crippen LogP contribution in [0.2, 0.25) is 0 Å². The van der Waals surface area contributed by atoms with Gasteiger partial charge in [-0.15, -0.1) is 0 Å². The predicted octanol–water partition coefficient (Wildman–Crippen LogP) is 3.82. The van der Waals surface area contributed by atoms with E-state index in [0.29, 0.717) is 31.4 Å². The van der Waals surface area contributed by atoms with Crippen LogP contribution in [0.5, 0.6) is 5.75 Å². The average molecular weight is 474 g/mol. The predicted molar refractivity (Wildman–Crippen MR) is 127 cm³/mol. The first kappa shape index (κ1) is 23.8. The van der Waals surface area contributed by atoms with Gasteiger partial charge >= 0.3 is 174 Å². The monoisotopic (exact) mass is 474 g/mol. The Labute approximate surface area is 193 Å². The topological polar surface area (TPSA) is 117 Å². The summed E-state index contributed by atoms with van der Waals surface area (Å²) in [5.74, 6) is 0.740. The Morgan fingerprint density at radius 2 is 1.61 bits per heavy atom. The van der Waals surface area contributed by atoms with Crippen molar-refractivity contribution in [2.24, 2.45) is 0 Å². The molecule has 8 nitrogen and oxygen atoms in total. The van der Waals surface area contributed by atoms with E-state index in [9.17, 15) is 19.8 Å². The fourth-order valence-electron chi connectivity index (χ4n) is 4.24. The number of ether oxygens (including phenoxy) is 1. The van der Waals surface area contributed by atoms with E-state index in [-0.39, 0.29) is 0 Å². The molecular formula is C24H31N2O6P. The van der Waals surface area contributed by atoms with E-state index in [1.165, 1.54) is 0 Å². The molecule has 0 radical (unpaired) electrons. The van der Waals surface area contributed by atoms with Gasteiger partial charge in [-0.3, -0.25) is 0 Å². The Hall–Kier alpha value is -2.32. The number of aromatic nitrogens is 2. The number of rotatable bonds is 6. The first-order valence-electron chi connectivity index (χ1n) is 10.9. The van der Waals surface area contributed by atoms with Gasteiger partial charge in [0.25, 0.3) is 0 Å². The zero-order chi connectivity index (χ0) is 23.9. The van der Waals surface area contributed by atoms with Gasteiger partial charge in [-0.05, 0) is 6.92 Å². The third-order valence-corrected chi connectivity index (χ3v) is 6.80. The first-order chi connectivity index (χ1) is 15.4. The molecule has 0 atom stereocenters. The number of aliphatic hydroxyl groups is 1. The van der Waals surface area contributed by atoms with Crippen LogP contribution in [0.1, 0.15) is 36.9 Å². The molecule has 2 aromatic carbocycles. The Kier molecular flexibility index (Phi) is 6.12. The third kappa shape index (κ3) is 5.61. The summed E-state index contributed by atoms with van der Waals surface area (Å²) < 4.78 is 12.2. The minimum atomic E-state index is -5.05. The number of aryl methyl sites for hydroxylation is 1. The Bertz CT molecular complexity index is 1100. The molecule has 1 fully saturated rings. The summed E-state index contributed by atoms with van der Waals surface area (Å²) in [6, 6.07) is 17.6. The fourth-order valence-corrected chi connectivity index (χ4v) is 5.15. The maximum absolute atomic E-state index is 11.5. The summed E-state index contributed by atoms with van der Waals surface area (Å²) in [7, 11) is -3.44. The van der Waals surface area contributed by atoms with E-state index in [1.54, 1.807) is 7.11 Å². The van der Waals surface area contributed by atoms with Crippen molar-refractivity contribution < 1.29 is 29.0 Å². The van der Waals surface area contributed by atoms with Gasteiger partial charge in [0.2, 0.25) is 0 Å². The second-order valence-electron chi connectivity index (χ2n) is 9.02. The molecule has 1 aliphatic rings. The van der Waals surface area contributed by atoms with Crippen LogP contribution < -0.4 is 4.74 Å². The van der Waals surface area contributed by atoms with Crippen molar-refractivity contribution in [1.29, 1.82) is 0 Å². The molecule has 4 N–H and O–H groups in total. The number of hydrogen-bond donors (Lipinski definition) is 4. The zero-order valence-electron chi connectivity index (χ0n) is 19.0. The van der Waals surface area contributed by atoms with Gasteiger partial charge in [-0.2, -0.15) is 0 Å². The molecule has 1 aromatic heterocycles. The molecule has 1 aliphatic carbocycles. The third-order valence-electron chi connectivity index (χ3n) is 6.01. The maximum atomic E-state index is 11.5. The van der Waals surface area contributed by atoms with Crippen LogP contribution in [0, 0.1) is 6.92 Å². The quantitative estimate of drug-likeness (QED) is 0.401. The van der Waals surface area contributed by atoms with Crippen LogP contribution >= 0.6 is 7.51 Å². The van der Waals surface area contributed by atoms with Crippen molar-refractivity contribution in [3.8, 4) is 22.7 Å². The second-order valence-corrected chi connectivity index (χ2v) is 11.8. The molecular weight excluding hydrogens is 443 g/mol. The molecule has 0 aliphatic heterocycles. The fraction of sp³-hybridized carbons (Fsp3) is 0.375. The van der Waals surface area contributed by atoms with Crippen LogP contribution in [0.25, 0.3) is 16.9 Å². The van der Waals surface area contributed by atoms with Gasteiger partial charge in [-0.25, -0.2) is 0 Å². The molecule has 9 heteroatoms. The van der Waals surface area contributed by atoms with E-state index < -0.39 is 19.2 Å². The van der Waals surface area contributed by atoms with Crippen LogP contribution in [0.3, 0.4) is 0 Å². The summed E-state index contributed by atoms with van der Waals surface area (Å²) in [4.78, 5) is 29.0. The van der Waals surface area contributed by atoms with E-state index in [0.717, 1.165) is 34.9 Å². The van der Waals surface area contributed by atoms with Crippen LogP contribution in [-0.4, -0.2) is 49.4 Å². The van der Waals surface area contributed by atoms with Crippen LogP contribution in [0.15, 0.2) is 54.6 Å². The van der Waals surface area contributed by atoms with Crippen LogP contribution in [0.4, 0.5) is 0 Å². The molecule has 0 saturated heterocycles. The number of nitrogens with zero attached hydrogens (tertiary/aromatic N) is 2. The van der Waals surface area contributed by atoms with E-state index in [4.69, 9.17) is 14.4 Å². The zero-order valence-corrected chi connectivity index (χ0v) is 19.9. The summed E-state index contributed by atoms with van der Waals surface area (Å²) in [5, 5.41) is 16.2. The first-order valence-corrected chi connectivity index (χ1v) is 13.4. The van der Waals surface area contributed by atoms with Crippen molar-refractivity contribution in [1.82, 2.24) is 9.78 Å². The van der Waals surface area contributed by atoms with Crippen molar-refractivity contribution in [2.45, 2.75) is 44.3 Å². The molecule has 33 heavy (non-hydrogen) atoms. The molecule has 0 spiro atoms. The average Bonchev–Trinajstić information content (AvgIpc) is 3.21. The van der Waals surface area contributed by atoms with Gasteiger partial charge in [-0.1, -0.05) is 0 Å². The van der Waals surface area contributed by atoms with E-state index >= 15 is 0 Å². The van der Waals surface area contributed by atoms with Gasteiger partial charge < -0.3 is 4.74 Å². The molecule has 0 amide bonds. The van der Waals surface area contributed by atoms with Crippen molar-refractivity contribution >= 4 is 7.51 Å². The van der Waals surface area contributed by atoms with Crippen molar-refractivity contribution in [2.75, 3.05) is 13.8 Å². The summed E-state index contributed by atoms with van der Waals surface area (Å²) in [6.45, 7) is 2.93. The minimum absolute atomic E-state index is 0.317. The molecule has 178 valence electrons. The molecule has 1 saturated carbocycles. The van der Waals surface area contributed by atoms with E-state index in [2.05, 4.69) is 0 Å². The summed E-state index contributed by atoms with van der Waals surface area (Å²) in [6.07, 6.45) is 0.806. The van der Waals surface area contributed by atoms with Crippen LogP contribution in [-0.2, 0) is 10.1 Å². The van der Waals surface area contributed by atoms with Gasteiger partial charge in [0.1, 0.15) is 0 Å². The molecule has 0 unspecified atom stereocenters. The normalized spacial score (nSPS) is 22.5. The Morgan fingerprint density at radius 3 is 2.15 bits per heavy atom.